The standard InChI is InChI=1S/C13H18ClNO3S/c1-10-2-3-11(9-16)8-15(10)19(17,18)13-6-4-12(14)5-7-13/h4-7,10-11,16H,2-3,8-9H2,1H3. The predicted molar refractivity (Wildman–Crippen MR) is 74.6 cm³/mol. The molecule has 0 radical (unpaired) electrons. The Labute approximate surface area is 119 Å². The molecule has 1 fully saturated rings. The molecule has 0 spiro atoms. The predicted octanol–water partition coefficient (Wildman–Crippen LogP) is 2.12. The first-order valence-corrected chi connectivity index (χ1v) is 8.15. The zero-order valence-corrected chi connectivity index (χ0v) is 12.4. The van der Waals surface area contributed by atoms with Crippen LogP contribution >= 0.6 is 11.6 Å². The van der Waals surface area contributed by atoms with Crippen LogP contribution in [-0.2, 0) is 10.0 Å². The van der Waals surface area contributed by atoms with Crippen LogP contribution < -0.4 is 0 Å². The number of benzene rings is 1. The molecule has 0 bridgehead atoms. The minimum absolute atomic E-state index is 0.0262. The normalized spacial score (nSPS) is 25.4. The highest BCUT2D eigenvalue weighted by atomic mass is 35.5. The van der Waals surface area contributed by atoms with Gasteiger partial charge in [-0.1, -0.05) is 11.6 Å². The molecule has 0 aromatic heterocycles. The molecular weight excluding hydrogens is 286 g/mol. The molecule has 0 aliphatic carbocycles. The fraction of sp³-hybridized carbons (Fsp3) is 0.538. The molecular formula is C13H18ClNO3S. The maximum atomic E-state index is 12.6. The minimum Gasteiger partial charge on any atom is -0.396 e. The smallest absolute Gasteiger partial charge is 0.243 e. The van der Waals surface area contributed by atoms with Gasteiger partial charge < -0.3 is 5.11 Å². The van der Waals surface area contributed by atoms with Gasteiger partial charge in [-0.25, -0.2) is 8.42 Å². The first kappa shape index (κ1) is 14.8. The number of hydrogen-bond acceptors (Lipinski definition) is 3. The Morgan fingerprint density at radius 2 is 1.95 bits per heavy atom. The topological polar surface area (TPSA) is 57.6 Å². The summed E-state index contributed by atoms with van der Waals surface area (Å²) < 4.78 is 26.6. The van der Waals surface area contributed by atoms with Gasteiger partial charge in [-0.3, -0.25) is 0 Å². The molecule has 0 amide bonds. The molecule has 106 valence electrons. The van der Waals surface area contributed by atoms with E-state index in [9.17, 15) is 13.5 Å². The van der Waals surface area contributed by atoms with Crippen LogP contribution in [0, 0.1) is 5.92 Å². The van der Waals surface area contributed by atoms with Crippen molar-refractivity contribution in [3.63, 3.8) is 0 Å². The van der Waals surface area contributed by atoms with Crippen molar-refractivity contribution in [3.05, 3.63) is 29.3 Å². The Kier molecular flexibility index (Phi) is 4.50. The van der Waals surface area contributed by atoms with Crippen molar-refractivity contribution in [3.8, 4) is 0 Å². The van der Waals surface area contributed by atoms with Crippen molar-refractivity contribution in [2.75, 3.05) is 13.2 Å². The van der Waals surface area contributed by atoms with Crippen LogP contribution in [-0.4, -0.2) is 37.0 Å². The molecule has 19 heavy (non-hydrogen) atoms. The lowest BCUT2D eigenvalue weighted by molar-refractivity contribution is 0.139. The summed E-state index contributed by atoms with van der Waals surface area (Å²) in [5.41, 5.74) is 0. The Morgan fingerprint density at radius 1 is 1.32 bits per heavy atom. The van der Waals surface area contributed by atoms with Crippen LogP contribution in [0.15, 0.2) is 29.2 Å². The third-order valence-corrected chi connectivity index (χ3v) is 5.85. The highest BCUT2D eigenvalue weighted by Gasteiger charge is 2.34. The van der Waals surface area contributed by atoms with Crippen LogP contribution in [0.3, 0.4) is 0 Å². The van der Waals surface area contributed by atoms with Crippen molar-refractivity contribution in [1.29, 1.82) is 0 Å². The summed E-state index contributed by atoms with van der Waals surface area (Å²) in [6.07, 6.45) is 1.64. The van der Waals surface area contributed by atoms with Gasteiger partial charge in [-0.2, -0.15) is 4.31 Å². The third-order valence-electron chi connectivity index (χ3n) is 3.60. The van der Waals surface area contributed by atoms with Crippen LogP contribution in [0.5, 0.6) is 0 Å². The number of halogens is 1. The zero-order valence-electron chi connectivity index (χ0n) is 10.8. The van der Waals surface area contributed by atoms with E-state index in [2.05, 4.69) is 0 Å². The largest absolute Gasteiger partial charge is 0.396 e. The quantitative estimate of drug-likeness (QED) is 0.930. The van der Waals surface area contributed by atoms with E-state index in [0.29, 0.717) is 11.6 Å². The van der Waals surface area contributed by atoms with Crippen LogP contribution in [0.1, 0.15) is 19.8 Å². The van der Waals surface area contributed by atoms with Gasteiger partial charge in [0.05, 0.1) is 4.90 Å². The van der Waals surface area contributed by atoms with Gasteiger partial charge in [0.25, 0.3) is 0 Å². The van der Waals surface area contributed by atoms with Gasteiger partial charge in [0.2, 0.25) is 10.0 Å². The molecule has 1 N–H and O–H groups in total. The van der Waals surface area contributed by atoms with Crippen molar-refractivity contribution in [2.45, 2.75) is 30.7 Å². The molecule has 1 aromatic rings. The molecule has 1 aromatic carbocycles. The van der Waals surface area contributed by atoms with E-state index in [-0.39, 0.29) is 23.5 Å². The Balaban J connectivity index is 2.29. The molecule has 1 heterocycles. The van der Waals surface area contributed by atoms with Gasteiger partial charge in [0.1, 0.15) is 0 Å². The highest BCUT2D eigenvalue weighted by molar-refractivity contribution is 7.89. The second kappa shape index (κ2) is 5.79. The summed E-state index contributed by atoms with van der Waals surface area (Å²) in [4.78, 5) is 0.252. The van der Waals surface area contributed by atoms with Gasteiger partial charge in [0, 0.05) is 24.2 Å². The van der Waals surface area contributed by atoms with Gasteiger partial charge >= 0.3 is 0 Å². The molecule has 4 nitrogen and oxygen atoms in total. The third kappa shape index (κ3) is 3.11. The van der Waals surface area contributed by atoms with Gasteiger partial charge in [0.15, 0.2) is 0 Å². The summed E-state index contributed by atoms with van der Waals surface area (Å²) in [6, 6.07) is 6.16. The lowest BCUT2D eigenvalue weighted by Crippen LogP contribution is -2.46. The molecule has 2 rings (SSSR count). The lowest BCUT2D eigenvalue weighted by atomic mass is 9.96. The Bertz CT molecular complexity index is 529. The number of rotatable bonds is 3. The number of aliphatic hydroxyl groups excluding tert-OH is 1. The minimum atomic E-state index is -3.51. The summed E-state index contributed by atoms with van der Waals surface area (Å²) in [5.74, 6) is 0.0262. The molecule has 6 heteroatoms. The number of hydrogen-bond donors (Lipinski definition) is 1. The number of piperidine rings is 1. The van der Waals surface area contributed by atoms with Gasteiger partial charge in [-0.15, -0.1) is 0 Å². The van der Waals surface area contributed by atoms with Crippen LogP contribution in [0.2, 0.25) is 5.02 Å². The summed E-state index contributed by atoms with van der Waals surface area (Å²) >= 11 is 5.78. The molecule has 1 aliphatic heterocycles. The SMILES string of the molecule is CC1CCC(CO)CN1S(=O)(=O)c1ccc(Cl)cc1. The molecule has 1 saturated heterocycles. The van der Waals surface area contributed by atoms with Crippen molar-refractivity contribution in [1.82, 2.24) is 4.31 Å². The average Bonchev–Trinajstić information content (AvgIpc) is 2.39. The fourth-order valence-electron chi connectivity index (χ4n) is 2.37. The van der Waals surface area contributed by atoms with Crippen LogP contribution in [0.4, 0.5) is 0 Å². The van der Waals surface area contributed by atoms with E-state index in [1.807, 2.05) is 6.92 Å². The van der Waals surface area contributed by atoms with Crippen molar-refractivity contribution >= 4 is 21.6 Å². The van der Waals surface area contributed by atoms with Crippen LogP contribution in [0.25, 0.3) is 0 Å². The molecule has 1 aliphatic rings. The number of nitrogens with zero attached hydrogens (tertiary/aromatic N) is 1. The van der Waals surface area contributed by atoms with E-state index < -0.39 is 10.0 Å². The highest BCUT2D eigenvalue weighted by Crippen LogP contribution is 2.28. The summed E-state index contributed by atoms with van der Waals surface area (Å²) in [7, 11) is -3.51. The maximum Gasteiger partial charge on any atom is 0.243 e. The Morgan fingerprint density at radius 3 is 2.53 bits per heavy atom. The van der Waals surface area contributed by atoms with Crippen molar-refractivity contribution in [2.24, 2.45) is 5.92 Å². The second-order valence-corrected chi connectivity index (χ2v) is 7.33. The summed E-state index contributed by atoms with van der Waals surface area (Å²) in [6.45, 7) is 2.31. The van der Waals surface area contributed by atoms with E-state index in [4.69, 9.17) is 11.6 Å². The molecule has 0 saturated carbocycles. The zero-order chi connectivity index (χ0) is 14.0. The van der Waals surface area contributed by atoms with E-state index >= 15 is 0 Å². The Hall–Kier alpha value is -0.620. The molecule has 2 atom stereocenters. The maximum absolute atomic E-state index is 12.6. The van der Waals surface area contributed by atoms with E-state index in [0.717, 1.165) is 12.8 Å². The van der Waals surface area contributed by atoms with E-state index in [1.165, 1.54) is 16.4 Å². The lowest BCUT2D eigenvalue weighted by Gasteiger charge is -2.36. The first-order chi connectivity index (χ1) is 8.95. The van der Waals surface area contributed by atoms with Gasteiger partial charge in [-0.05, 0) is 49.9 Å². The first-order valence-electron chi connectivity index (χ1n) is 6.33. The van der Waals surface area contributed by atoms with Crippen molar-refractivity contribution < 1.29 is 13.5 Å². The monoisotopic (exact) mass is 303 g/mol. The second-order valence-electron chi connectivity index (χ2n) is 5.00. The van der Waals surface area contributed by atoms with E-state index in [1.54, 1.807) is 12.1 Å². The average molecular weight is 304 g/mol. The number of sulfonamides is 1. The number of aliphatic hydroxyl groups is 1. The fourth-order valence-corrected chi connectivity index (χ4v) is 4.24. The molecule has 2 unspecified atom stereocenters. The summed E-state index contributed by atoms with van der Waals surface area (Å²) in [5, 5.41) is 9.74.